The molecule has 3 aromatic rings. The van der Waals surface area contributed by atoms with E-state index in [2.05, 4.69) is 15.5 Å². The zero-order valence-corrected chi connectivity index (χ0v) is 17.6. The number of hydrogen-bond acceptors (Lipinski definition) is 4. The summed E-state index contributed by atoms with van der Waals surface area (Å²) in [7, 11) is 0. The monoisotopic (exact) mass is 435 g/mol. The predicted molar refractivity (Wildman–Crippen MR) is 117 cm³/mol. The topological polar surface area (TPSA) is 74.6 Å². The number of carbonyl (C=O) groups excluding carboxylic acids is 1. The van der Waals surface area contributed by atoms with Crippen LogP contribution in [0.4, 0.5) is 8.78 Å². The standard InChI is InChI=1S/C25H23F2N3O2/c1-15-12-18(10-11-28-15)24(30-32)14-22(21-9-6-19(26)13-23(21)27)16-2-4-17(5-3-16)25(31)29-20-7-8-20/h2-6,9-13,20,22,32H,7-8,14H2,1H3,(H,29,31)/b30-24-. The van der Waals surface area contributed by atoms with E-state index < -0.39 is 17.6 Å². The van der Waals surface area contributed by atoms with Gasteiger partial charge in [-0.15, -0.1) is 0 Å². The number of oxime groups is 1. The van der Waals surface area contributed by atoms with Gasteiger partial charge in [0.05, 0.1) is 5.71 Å². The quantitative estimate of drug-likeness (QED) is 0.313. The van der Waals surface area contributed by atoms with Crippen LogP contribution < -0.4 is 5.32 Å². The molecule has 1 aliphatic carbocycles. The first-order valence-corrected chi connectivity index (χ1v) is 10.4. The first kappa shape index (κ1) is 21.6. The molecule has 0 spiro atoms. The summed E-state index contributed by atoms with van der Waals surface area (Å²) < 4.78 is 28.3. The Morgan fingerprint density at radius 2 is 1.88 bits per heavy atom. The van der Waals surface area contributed by atoms with E-state index in [0.29, 0.717) is 22.4 Å². The molecule has 0 bridgehead atoms. The summed E-state index contributed by atoms with van der Waals surface area (Å²) in [5, 5.41) is 16.1. The van der Waals surface area contributed by atoms with Gasteiger partial charge in [-0.3, -0.25) is 9.78 Å². The van der Waals surface area contributed by atoms with Gasteiger partial charge >= 0.3 is 0 Å². The van der Waals surface area contributed by atoms with Crippen molar-refractivity contribution in [2.24, 2.45) is 5.16 Å². The van der Waals surface area contributed by atoms with Crippen molar-refractivity contribution >= 4 is 11.6 Å². The fraction of sp³-hybridized carbons (Fsp3) is 0.240. The first-order valence-electron chi connectivity index (χ1n) is 10.4. The first-order chi connectivity index (χ1) is 15.4. The van der Waals surface area contributed by atoms with Crippen LogP contribution in [-0.4, -0.2) is 27.9 Å². The number of amides is 1. The molecule has 5 nitrogen and oxygen atoms in total. The number of benzene rings is 2. The number of nitrogens with zero attached hydrogens (tertiary/aromatic N) is 2. The molecule has 164 valence electrons. The molecule has 1 atom stereocenters. The number of rotatable bonds is 7. The van der Waals surface area contributed by atoms with Crippen LogP contribution >= 0.6 is 0 Å². The number of carbonyl (C=O) groups is 1. The third-order valence-electron chi connectivity index (χ3n) is 5.57. The lowest BCUT2D eigenvalue weighted by atomic mass is 9.85. The van der Waals surface area contributed by atoms with Crippen LogP contribution in [0.15, 0.2) is 65.9 Å². The molecule has 1 fully saturated rings. The van der Waals surface area contributed by atoms with Crippen LogP contribution in [0, 0.1) is 18.6 Å². The van der Waals surface area contributed by atoms with Gasteiger partial charge in [0.1, 0.15) is 11.6 Å². The normalized spacial score (nSPS) is 14.8. The third kappa shape index (κ3) is 4.99. The third-order valence-corrected chi connectivity index (χ3v) is 5.57. The minimum absolute atomic E-state index is 0.145. The molecule has 1 amide bonds. The van der Waals surface area contributed by atoms with Gasteiger partial charge in [-0.25, -0.2) is 8.78 Å². The van der Waals surface area contributed by atoms with Crippen LogP contribution in [-0.2, 0) is 0 Å². The number of nitrogens with one attached hydrogen (secondary N) is 1. The second kappa shape index (κ2) is 9.26. The van der Waals surface area contributed by atoms with E-state index >= 15 is 0 Å². The number of aryl methyl sites for hydroxylation is 1. The largest absolute Gasteiger partial charge is 0.411 e. The molecular weight excluding hydrogens is 412 g/mol. The Morgan fingerprint density at radius 1 is 1.12 bits per heavy atom. The SMILES string of the molecule is Cc1cc(/C(CC(c2ccc(C(=O)NC3CC3)cc2)c2ccc(F)cc2F)=N\O)ccn1. The summed E-state index contributed by atoms with van der Waals surface area (Å²) in [6, 6.07) is 14.1. The van der Waals surface area contributed by atoms with E-state index in [1.165, 1.54) is 12.1 Å². The average molecular weight is 435 g/mol. The number of halogens is 2. The van der Waals surface area contributed by atoms with Gasteiger partial charge in [-0.05, 0) is 61.2 Å². The highest BCUT2D eigenvalue weighted by Gasteiger charge is 2.25. The summed E-state index contributed by atoms with van der Waals surface area (Å²) in [5.74, 6) is -2.06. The van der Waals surface area contributed by atoms with E-state index in [4.69, 9.17) is 0 Å². The Morgan fingerprint density at radius 3 is 2.50 bits per heavy atom. The number of hydrogen-bond donors (Lipinski definition) is 2. The van der Waals surface area contributed by atoms with E-state index in [-0.39, 0.29) is 23.9 Å². The Hall–Kier alpha value is -3.61. The lowest BCUT2D eigenvalue weighted by molar-refractivity contribution is 0.0951. The molecule has 1 aliphatic rings. The van der Waals surface area contributed by atoms with Crippen molar-refractivity contribution in [2.75, 3.05) is 0 Å². The van der Waals surface area contributed by atoms with Gasteiger partial charge in [-0.2, -0.15) is 0 Å². The molecule has 7 heteroatoms. The zero-order chi connectivity index (χ0) is 22.7. The van der Waals surface area contributed by atoms with Gasteiger partial charge < -0.3 is 10.5 Å². The molecule has 2 aromatic carbocycles. The summed E-state index contributed by atoms with van der Waals surface area (Å²) in [5.41, 5.74) is 3.26. The van der Waals surface area contributed by atoms with Gasteiger partial charge in [0.25, 0.3) is 5.91 Å². The highest BCUT2D eigenvalue weighted by atomic mass is 19.1. The summed E-state index contributed by atoms with van der Waals surface area (Å²) in [6.07, 6.45) is 3.76. The van der Waals surface area contributed by atoms with Crippen molar-refractivity contribution < 1.29 is 18.8 Å². The summed E-state index contributed by atoms with van der Waals surface area (Å²) >= 11 is 0. The Bertz CT molecular complexity index is 1160. The maximum absolute atomic E-state index is 14.7. The Balaban J connectivity index is 1.68. The molecule has 32 heavy (non-hydrogen) atoms. The summed E-state index contributed by atoms with van der Waals surface area (Å²) in [4.78, 5) is 16.5. The second-order valence-corrected chi connectivity index (χ2v) is 8.02. The summed E-state index contributed by atoms with van der Waals surface area (Å²) in [6.45, 7) is 1.82. The number of aromatic nitrogens is 1. The van der Waals surface area contributed by atoms with Crippen molar-refractivity contribution in [3.05, 3.63) is 100 Å². The van der Waals surface area contributed by atoms with Crippen LogP contribution in [0.1, 0.15) is 57.9 Å². The van der Waals surface area contributed by atoms with Crippen LogP contribution in [0.3, 0.4) is 0 Å². The molecule has 1 heterocycles. The maximum atomic E-state index is 14.7. The van der Waals surface area contributed by atoms with Crippen molar-refractivity contribution in [1.29, 1.82) is 0 Å². The van der Waals surface area contributed by atoms with E-state index in [1.807, 2.05) is 6.92 Å². The van der Waals surface area contributed by atoms with Gasteiger partial charge in [0, 0.05) is 47.5 Å². The lowest BCUT2D eigenvalue weighted by Crippen LogP contribution is -2.25. The second-order valence-electron chi connectivity index (χ2n) is 8.02. The molecule has 0 aliphatic heterocycles. The fourth-order valence-corrected chi connectivity index (χ4v) is 3.69. The van der Waals surface area contributed by atoms with Crippen molar-refractivity contribution in [1.82, 2.24) is 10.3 Å². The molecule has 0 radical (unpaired) electrons. The Labute approximate surface area is 184 Å². The lowest BCUT2D eigenvalue weighted by Gasteiger charge is -2.20. The maximum Gasteiger partial charge on any atom is 0.251 e. The predicted octanol–water partition coefficient (Wildman–Crippen LogP) is 4.96. The average Bonchev–Trinajstić information content (AvgIpc) is 3.59. The Kier molecular flexibility index (Phi) is 6.25. The molecule has 1 saturated carbocycles. The van der Waals surface area contributed by atoms with Gasteiger partial charge in [0.15, 0.2) is 0 Å². The van der Waals surface area contributed by atoms with Gasteiger partial charge in [0.2, 0.25) is 0 Å². The van der Waals surface area contributed by atoms with Crippen LogP contribution in [0.2, 0.25) is 0 Å². The van der Waals surface area contributed by atoms with Crippen molar-refractivity contribution in [3.8, 4) is 0 Å². The number of pyridine rings is 1. The van der Waals surface area contributed by atoms with E-state index in [0.717, 1.165) is 24.6 Å². The van der Waals surface area contributed by atoms with Crippen LogP contribution in [0.25, 0.3) is 0 Å². The highest BCUT2D eigenvalue weighted by molar-refractivity contribution is 6.01. The van der Waals surface area contributed by atoms with Crippen molar-refractivity contribution in [3.63, 3.8) is 0 Å². The minimum atomic E-state index is -0.686. The minimum Gasteiger partial charge on any atom is -0.411 e. The molecule has 2 N–H and O–H groups in total. The van der Waals surface area contributed by atoms with E-state index in [1.54, 1.807) is 42.6 Å². The zero-order valence-electron chi connectivity index (χ0n) is 17.6. The van der Waals surface area contributed by atoms with Gasteiger partial charge in [-0.1, -0.05) is 23.4 Å². The van der Waals surface area contributed by atoms with Crippen LogP contribution in [0.5, 0.6) is 0 Å². The smallest absolute Gasteiger partial charge is 0.251 e. The molecule has 0 saturated heterocycles. The molecule has 4 rings (SSSR count). The fourth-order valence-electron chi connectivity index (χ4n) is 3.69. The van der Waals surface area contributed by atoms with Crippen molar-refractivity contribution in [2.45, 2.75) is 38.1 Å². The highest BCUT2D eigenvalue weighted by Crippen LogP contribution is 2.32. The van der Waals surface area contributed by atoms with E-state index in [9.17, 15) is 18.8 Å². The molecule has 1 aromatic heterocycles. The molecular formula is C25H23F2N3O2. The molecule has 1 unspecified atom stereocenters.